The molecule has 13 heteroatoms. The summed E-state index contributed by atoms with van der Waals surface area (Å²) >= 11 is 1.37. The molecule has 0 aliphatic carbocycles. The number of nitrogens with zero attached hydrogens (tertiary/aromatic N) is 6. The Morgan fingerprint density at radius 2 is 2.08 bits per heavy atom. The van der Waals surface area contributed by atoms with Gasteiger partial charge in [0.1, 0.15) is 17.9 Å². The van der Waals surface area contributed by atoms with E-state index in [0.29, 0.717) is 36.3 Å². The van der Waals surface area contributed by atoms with Gasteiger partial charge >= 0.3 is 0 Å². The van der Waals surface area contributed by atoms with Crippen LogP contribution in [-0.2, 0) is 4.79 Å². The molecule has 0 aromatic carbocycles. The number of amides is 2. The topological polar surface area (TPSA) is 143 Å². The number of ether oxygens (including phenoxy) is 1. The third kappa shape index (κ3) is 5.22. The summed E-state index contributed by atoms with van der Waals surface area (Å²) in [5.74, 6) is 0.825. The van der Waals surface area contributed by atoms with Gasteiger partial charge in [-0.15, -0.1) is 11.3 Å². The molecule has 1 atom stereocenters. The largest absolute Gasteiger partial charge is 0.473 e. The molecule has 212 valence electrons. The minimum Gasteiger partial charge on any atom is -0.473 e. The van der Waals surface area contributed by atoms with E-state index in [0.717, 1.165) is 72.7 Å². The molecule has 0 radical (unpaired) electrons. The van der Waals surface area contributed by atoms with Gasteiger partial charge < -0.3 is 30.9 Å². The first-order valence-electron chi connectivity index (χ1n) is 13.8. The first-order chi connectivity index (χ1) is 19.4. The summed E-state index contributed by atoms with van der Waals surface area (Å²) in [6, 6.07) is 2.02. The molecule has 6 heterocycles. The van der Waals surface area contributed by atoms with Crippen LogP contribution in [0, 0.1) is 6.92 Å². The van der Waals surface area contributed by atoms with Gasteiger partial charge in [0.25, 0.3) is 5.91 Å². The zero-order chi connectivity index (χ0) is 27.8. The van der Waals surface area contributed by atoms with E-state index in [9.17, 15) is 9.59 Å². The smallest absolute Gasteiger partial charge is 0.280 e. The number of nitrogen functional groups attached to an aromatic ring is 1. The maximum absolute atomic E-state index is 13.2. The van der Waals surface area contributed by atoms with Crippen LogP contribution in [0.3, 0.4) is 0 Å². The first-order valence-corrected chi connectivity index (χ1v) is 14.7. The summed E-state index contributed by atoms with van der Waals surface area (Å²) in [6.07, 6.45) is 7.30. The Labute approximate surface area is 236 Å². The van der Waals surface area contributed by atoms with Gasteiger partial charge in [0.2, 0.25) is 11.8 Å². The van der Waals surface area contributed by atoms with Crippen LogP contribution in [0.2, 0.25) is 0 Å². The van der Waals surface area contributed by atoms with Crippen molar-refractivity contribution in [3.05, 3.63) is 34.0 Å². The number of anilines is 2. The molecule has 0 unspecified atom stereocenters. The minimum atomic E-state index is -0.175. The van der Waals surface area contributed by atoms with Gasteiger partial charge in [-0.2, -0.15) is 10.1 Å². The second kappa shape index (κ2) is 11.0. The number of rotatable bonds is 6. The van der Waals surface area contributed by atoms with Gasteiger partial charge in [0.05, 0.1) is 16.3 Å². The quantitative estimate of drug-likeness (QED) is 0.408. The molecule has 0 saturated carbocycles. The standard InChI is InChI=1S/C27H35N9O3S/c1-16-26(39-20-5-8-29-9-6-20)33-27(40-16)25(38)32-19-4-3-10-35(14-19)22-12-21(18-7-11-34(13-18)17(2)37)36-23(22)24(28)30-15-31-36/h7,12,15,19-20,29H,3-6,8-11,13-14H2,1-2H3,(H,32,38)(H2,28,30,31)/t19-/m1/s1. The fraction of sp³-hybridized carbons (Fsp3) is 0.519. The highest BCUT2D eigenvalue weighted by Crippen LogP contribution is 2.35. The summed E-state index contributed by atoms with van der Waals surface area (Å²) in [4.78, 5) is 38.9. The van der Waals surface area contributed by atoms with Gasteiger partial charge in [0, 0.05) is 39.1 Å². The Bertz CT molecular complexity index is 1460. The lowest BCUT2D eigenvalue weighted by molar-refractivity contribution is -0.127. The maximum Gasteiger partial charge on any atom is 0.280 e. The van der Waals surface area contributed by atoms with Crippen molar-refractivity contribution in [2.24, 2.45) is 0 Å². The molecule has 0 spiro atoms. The predicted molar refractivity (Wildman–Crippen MR) is 154 cm³/mol. The van der Waals surface area contributed by atoms with Gasteiger partial charge in [-0.05, 0) is 57.3 Å². The van der Waals surface area contributed by atoms with Crippen molar-refractivity contribution in [1.82, 2.24) is 35.1 Å². The van der Waals surface area contributed by atoms with Crippen LogP contribution >= 0.6 is 11.3 Å². The van der Waals surface area contributed by atoms with E-state index in [2.05, 4.69) is 42.7 Å². The number of aryl methyl sites for hydroxylation is 1. The summed E-state index contributed by atoms with van der Waals surface area (Å²) in [5.41, 5.74) is 9.94. The first kappa shape index (κ1) is 26.5. The summed E-state index contributed by atoms with van der Waals surface area (Å²) in [6.45, 7) is 7.95. The van der Waals surface area contributed by atoms with E-state index in [1.165, 1.54) is 17.7 Å². The molecule has 3 aliphatic rings. The Balaban J connectivity index is 1.18. The number of carbonyl (C=O) groups is 2. The predicted octanol–water partition coefficient (Wildman–Crippen LogP) is 1.85. The monoisotopic (exact) mass is 565 g/mol. The van der Waals surface area contributed by atoms with Crippen LogP contribution in [0.15, 0.2) is 18.5 Å². The Hall–Kier alpha value is -3.71. The van der Waals surface area contributed by atoms with E-state index in [4.69, 9.17) is 10.5 Å². The van der Waals surface area contributed by atoms with E-state index in [1.807, 2.05) is 11.4 Å². The van der Waals surface area contributed by atoms with Crippen molar-refractivity contribution < 1.29 is 14.3 Å². The van der Waals surface area contributed by atoms with Crippen molar-refractivity contribution in [3.63, 3.8) is 0 Å². The van der Waals surface area contributed by atoms with Gasteiger partial charge in [-0.1, -0.05) is 6.08 Å². The number of thiazole rings is 1. The van der Waals surface area contributed by atoms with E-state index >= 15 is 0 Å². The molecule has 0 bridgehead atoms. The van der Waals surface area contributed by atoms with Crippen molar-refractivity contribution >= 4 is 45.7 Å². The molecular weight excluding hydrogens is 530 g/mol. The normalized spacial score (nSPS) is 20.1. The van der Waals surface area contributed by atoms with Gasteiger partial charge in [-0.3, -0.25) is 9.59 Å². The molecule has 3 aromatic rings. The van der Waals surface area contributed by atoms with E-state index in [-0.39, 0.29) is 24.0 Å². The Kier molecular flexibility index (Phi) is 7.32. The molecule has 2 fully saturated rings. The molecule has 2 saturated heterocycles. The number of fused-ring (bicyclic) bond motifs is 1. The van der Waals surface area contributed by atoms with Crippen LogP contribution in [0.1, 0.15) is 53.0 Å². The highest BCUT2D eigenvalue weighted by molar-refractivity contribution is 7.13. The highest BCUT2D eigenvalue weighted by Gasteiger charge is 2.29. The van der Waals surface area contributed by atoms with Gasteiger partial charge in [-0.25, -0.2) is 9.50 Å². The van der Waals surface area contributed by atoms with E-state index in [1.54, 1.807) is 11.8 Å². The molecule has 12 nitrogen and oxygen atoms in total. The Morgan fingerprint density at radius 1 is 1.25 bits per heavy atom. The fourth-order valence-electron chi connectivity index (χ4n) is 5.72. The highest BCUT2D eigenvalue weighted by atomic mass is 32.1. The molecule has 4 N–H and O–H groups in total. The van der Waals surface area contributed by atoms with Crippen LogP contribution in [0.5, 0.6) is 5.88 Å². The van der Waals surface area contributed by atoms with Crippen LogP contribution in [0.25, 0.3) is 11.1 Å². The fourth-order valence-corrected chi connectivity index (χ4v) is 6.47. The summed E-state index contributed by atoms with van der Waals surface area (Å²) in [7, 11) is 0. The second-order valence-electron chi connectivity index (χ2n) is 10.7. The van der Waals surface area contributed by atoms with Crippen molar-refractivity contribution in [2.45, 2.75) is 51.7 Å². The number of nitrogens with one attached hydrogen (secondary N) is 2. The zero-order valence-electron chi connectivity index (χ0n) is 22.9. The average molecular weight is 566 g/mol. The number of aromatic nitrogens is 4. The summed E-state index contributed by atoms with van der Waals surface area (Å²) < 4.78 is 7.93. The van der Waals surface area contributed by atoms with Crippen molar-refractivity contribution in [3.8, 4) is 5.88 Å². The van der Waals surface area contributed by atoms with E-state index < -0.39 is 0 Å². The SMILES string of the molecule is CC(=O)N1CC=C(c2cc(N3CCC[C@@H](NC(=O)c4nc(OC5CCNCC5)c(C)s4)C3)c3c(N)ncnn23)C1. The number of carbonyl (C=O) groups excluding carboxylic acids is 2. The lowest BCUT2D eigenvalue weighted by Crippen LogP contribution is -2.47. The third-order valence-electron chi connectivity index (χ3n) is 7.87. The number of nitrogens with two attached hydrogens (primary N) is 1. The molecular formula is C27H35N9O3S. The second-order valence-corrected chi connectivity index (χ2v) is 11.9. The van der Waals surface area contributed by atoms with Gasteiger partial charge in [0.15, 0.2) is 10.8 Å². The third-order valence-corrected chi connectivity index (χ3v) is 8.82. The lowest BCUT2D eigenvalue weighted by atomic mass is 10.0. The minimum absolute atomic E-state index is 0.0384. The average Bonchev–Trinajstić information content (AvgIpc) is 3.67. The lowest BCUT2D eigenvalue weighted by Gasteiger charge is -2.34. The summed E-state index contributed by atoms with van der Waals surface area (Å²) in [5, 5.41) is 11.5. The molecule has 2 amide bonds. The molecule has 3 aliphatic heterocycles. The van der Waals surface area contributed by atoms with Crippen LogP contribution in [-0.4, -0.2) is 87.7 Å². The maximum atomic E-state index is 13.2. The number of hydrogen-bond donors (Lipinski definition) is 3. The van der Waals surface area contributed by atoms with Crippen LogP contribution in [0.4, 0.5) is 11.5 Å². The molecule has 40 heavy (non-hydrogen) atoms. The number of hydrogen-bond acceptors (Lipinski definition) is 10. The number of piperidine rings is 2. The van der Waals surface area contributed by atoms with Crippen LogP contribution < -0.4 is 26.0 Å². The zero-order valence-corrected chi connectivity index (χ0v) is 23.7. The van der Waals surface area contributed by atoms with Crippen molar-refractivity contribution in [2.75, 3.05) is 49.9 Å². The van der Waals surface area contributed by atoms with Crippen molar-refractivity contribution in [1.29, 1.82) is 0 Å². The Morgan fingerprint density at radius 3 is 2.85 bits per heavy atom. The molecule has 6 rings (SSSR count). The molecule has 3 aromatic heterocycles.